The van der Waals surface area contributed by atoms with Crippen LogP contribution in [0.3, 0.4) is 0 Å². The minimum atomic E-state index is 0.0260. The van der Waals surface area contributed by atoms with Crippen molar-refractivity contribution in [1.29, 1.82) is 0 Å². The van der Waals surface area contributed by atoms with Crippen molar-refractivity contribution in [3.8, 4) is 11.1 Å². The second-order valence-corrected chi connectivity index (χ2v) is 6.49. The van der Waals surface area contributed by atoms with Crippen molar-refractivity contribution in [2.24, 2.45) is 7.05 Å². The predicted octanol–water partition coefficient (Wildman–Crippen LogP) is 1.60. The Balaban J connectivity index is 1.50. The molecule has 2 unspecified atom stereocenters. The molecule has 0 aliphatic carbocycles. The molecule has 2 aromatic rings. The number of benzene rings is 1. The van der Waals surface area contributed by atoms with E-state index in [1.165, 1.54) is 18.5 Å². The van der Waals surface area contributed by atoms with E-state index in [-0.39, 0.29) is 5.56 Å². The van der Waals surface area contributed by atoms with Gasteiger partial charge in [0.2, 0.25) is 5.56 Å². The van der Waals surface area contributed by atoms with E-state index in [1.54, 1.807) is 17.7 Å². The van der Waals surface area contributed by atoms with Gasteiger partial charge in [-0.25, -0.2) is 0 Å². The SMILES string of the molecule is Cn1cc(-c2ccc(CN3CC4CC3CN4)cc2)ccc1=O. The third-order valence-electron chi connectivity index (χ3n) is 4.93. The highest BCUT2D eigenvalue weighted by atomic mass is 16.1. The Morgan fingerprint density at radius 1 is 1.14 bits per heavy atom. The van der Waals surface area contributed by atoms with E-state index in [1.807, 2.05) is 12.3 Å². The summed E-state index contributed by atoms with van der Waals surface area (Å²) in [6.07, 6.45) is 3.19. The number of nitrogens with zero attached hydrogens (tertiary/aromatic N) is 2. The lowest BCUT2D eigenvalue weighted by molar-refractivity contribution is 0.218. The Morgan fingerprint density at radius 3 is 2.55 bits per heavy atom. The summed E-state index contributed by atoms with van der Waals surface area (Å²) in [5.41, 5.74) is 3.63. The summed E-state index contributed by atoms with van der Waals surface area (Å²) in [7, 11) is 1.79. The van der Waals surface area contributed by atoms with Crippen molar-refractivity contribution < 1.29 is 0 Å². The molecule has 2 saturated heterocycles. The maximum Gasteiger partial charge on any atom is 0.250 e. The van der Waals surface area contributed by atoms with Crippen LogP contribution in [-0.2, 0) is 13.6 Å². The van der Waals surface area contributed by atoms with Crippen molar-refractivity contribution in [3.05, 3.63) is 58.5 Å². The van der Waals surface area contributed by atoms with Crippen LogP contribution in [0.15, 0.2) is 47.4 Å². The molecule has 0 saturated carbocycles. The highest BCUT2D eigenvalue weighted by Gasteiger charge is 2.37. The number of aryl methyl sites for hydroxylation is 1. The molecule has 1 aromatic heterocycles. The van der Waals surface area contributed by atoms with Gasteiger partial charge in [-0.3, -0.25) is 9.69 Å². The summed E-state index contributed by atoms with van der Waals surface area (Å²) in [6, 6.07) is 13.7. The molecule has 2 aliphatic rings. The Morgan fingerprint density at radius 2 is 1.91 bits per heavy atom. The molecule has 114 valence electrons. The van der Waals surface area contributed by atoms with E-state index in [0.717, 1.165) is 24.2 Å². The summed E-state index contributed by atoms with van der Waals surface area (Å²) in [5.74, 6) is 0. The van der Waals surface area contributed by atoms with Crippen LogP contribution in [0.5, 0.6) is 0 Å². The lowest BCUT2D eigenvalue weighted by Gasteiger charge is -2.27. The number of pyridine rings is 1. The van der Waals surface area contributed by atoms with E-state index in [0.29, 0.717) is 12.1 Å². The lowest BCUT2D eigenvalue weighted by atomic mass is 10.1. The zero-order chi connectivity index (χ0) is 15.1. The van der Waals surface area contributed by atoms with Gasteiger partial charge in [0.25, 0.3) is 0 Å². The molecule has 0 spiro atoms. The van der Waals surface area contributed by atoms with Gasteiger partial charge in [0.1, 0.15) is 0 Å². The summed E-state index contributed by atoms with van der Waals surface area (Å²) >= 11 is 0. The first kappa shape index (κ1) is 13.7. The molecule has 1 N–H and O–H groups in total. The number of fused-ring (bicyclic) bond motifs is 2. The largest absolute Gasteiger partial charge is 0.318 e. The zero-order valence-corrected chi connectivity index (χ0v) is 12.8. The number of rotatable bonds is 3. The van der Waals surface area contributed by atoms with Gasteiger partial charge in [-0.1, -0.05) is 24.3 Å². The Labute approximate surface area is 130 Å². The first-order valence-electron chi connectivity index (χ1n) is 7.92. The minimum absolute atomic E-state index is 0.0260. The third kappa shape index (κ3) is 2.49. The molecule has 0 amide bonds. The van der Waals surface area contributed by atoms with Crippen molar-refractivity contribution in [1.82, 2.24) is 14.8 Å². The van der Waals surface area contributed by atoms with Crippen LogP contribution in [0.4, 0.5) is 0 Å². The molecule has 4 heteroatoms. The van der Waals surface area contributed by atoms with Crippen molar-refractivity contribution in [2.75, 3.05) is 13.1 Å². The second kappa shape index (κ2) is 5.38. The van der Waals surface area contributed by atoms with Gasteiger partial charge >= 0.3 is 0 Å². The fourth-order valence-corrected chi connectivity index (χ4v) is 3.64. The number of piperazine rings is 1. The lowest BCUT2D eigenvalue weighted by Crippen LogP contribution is -2.42. The molecule has 4 nitrogen and oxygen atoms in total. The molecule has 2 bridgehead atoms. The monoisotopic (exact) mass is 295 g/mol. The van der Waals surface area contributed by atoms with Gasteiger partial charge in [-0.05, 0) is 29.2 Å². The van der Waals surface area contributed by atoms with Gasteiger partial charge in [-0.15, -0.1) is 0 Å². The van der Waals surface area contributed by atoms with Crippen molar-refractivity contribution >= 4 is 0 Å². The zero-order valence-electron chi connectivity index (χ0n) is 12.8. The summed E-state index contributed by atoms with van der Waals surface area (Å²) < 4.78 is 1.62. The van der Waals surface area contributed by atoms with Crippen LogP contribution < -0.4 is 10.9 Å². The first-order chi connectivity index (χ1) is 10.7. The maximum atomic E-state index is 11.5. The van der Waals surface area contributed by atoms with Crippen LogP contribution in [0.1, 0.15) is 12.0 Å². The van der Waals surface area contributed by atoms with E-state index in [9.17, 15) is 4.79 Å². The van der Waals surface area contributed by atoms with E-state index >= 15 is 0 Å². The highest BCUT2D eigenvalue weighted by molar-refractivity contribution is 5.62. The average molecular weight is 295 g/mol. The maximum absolute atomic E-state index is 11.5. The Bertz CT molecular complexity index is 735. The molecule has 0 radical (unpaired) electrons. The molecular formula is C18H21N3O. The number of likely N-dealkylation sites (tertiary alicyclic amines) is 1. The molecular weight excluding hydrogens is 274 g/mol. The summed E-state index contributed by atoms with van der Waals surface area (Å²) in [4.78, 5) is 14.1. The summed E-state index contributed by atoms with van der Waals surface area (Å²) in [5, 5.41) is 3.54. The van der Waals surface area contributed by atoms with Gasteiger partial charge in [0.05, 0.1) is 0 Å². The van der Waals surface area contributed by atoms with Gasteiger partial charge < -0.3 is 9.88 Å². The number of hydrogen-bond donors (Lipinski definition) is 1. The van der Waals surface area contributed by atoms with Gasteiger partial charge in [0, 0.05) is 51.0 Å². The molecule has 22 heavy (non-hydrogen) atoms. The molecule has 2 atom stereocenters. The Hall–Kier alpha value is -1.91. The Kier molecular flexibility index (Phi) is 3.36. The van der Waals surface area contributed by atoms with Crippen LogP contribution in [0.2, 0.25) is 0 Å². The molecule has 2 fully saturated rings. The van der Waals surface area contributed by atoms with E-state index < -0.39 is 0 Å². The standard InChI is InChI=1S/C18H21N3O/c1-20-11-15(6-7-18(20)22)14-4-2-13(3-5-14)10-21-12-16-8-17(21)9-19-16/h2-7,11,16-17,19H,8-10,12H2,1H3. The molecule has 1 aromatic carbocycles. The quantitative estimate of drug-likeness (QED) is 0.934. The topological polar surface area (TPSA) is 37.3 Å². The minimum Gasteiger partial charge on any atom is -0.318 e. The van der Waals surface area contributed by atoms with Crippen LogP contribution in [0, 0.1) is 0 Å². The van der Waals surface area contributed by atoms with E-state index in [2.05, 4.69) is 34.5 Å². The fourth-order valence-electron chi connectivity index (χ4n) is 3.64. The number of hydrogen-bond acceptors (Lipinski definition) is 3. The van der Waals surface area contributed by atoms with Gasteiger partial charge in [-0.2, -0.15) is 0 Å². The first-order valence-corrected chi connectivity index (χ1v) is 7.92. The summed E-state index contributed by atoms with van der Waals surface area (Å²) in [6.45, 7) is 3.35. The van der Waals surface area contributed by atoms with Crippen LogP contribution in [-0.4, -0.2) is 34.6 Å². The second-order valence-electron chi connectivity index (χ2n) is 6.49. The van der Waals surface area contributed by atoms with Crippen LogP contribution >= 0.6 is 0 Å². The van der Waals surface area contributed by atoms with Crippen molar-refractivity contribution in [3.63, 3.8) is 0 Å². The van der Waals surface area contributed by atoms with E-state index in [4.69, 9.17) is 0 Å². The van der Waals surface area contributed by atoms with Gasteiger partial charge in [0.15, 0.2) is 0 Å². The molecule has 2 aliphatic heterocycles. The van der Waals surface area contributed by atoms with Crippen molar-refractivity contribution in [2.45, 2.75) is 25.0 Å². The molecule has 3 heterocycles. The van der Waals surface area contributed by atoms with Crippen LogP contribution in [0.25, 0.3) is 11.1 Å². The molecule has 4 rings (SSSR count). The smallest absolute Gasteiger partial charge is 0.250 e. The number of aromatic nitrogens is 1. The normalized spacial score (nSPS) is 24.0. The third-order valence-corrected chi connectivity index (χ3v) is 4.93. The predicted molar refractivity (Wildman–Crippen MR) is 87.7 cm³/mol. The number of nitrogens with one attached hydrogen (secondary N) is 1. The highest BCUT2D eigenvalue weighted by Crippen LogP contribution is 2.26. The average Bonchev–Trinajstić information content (AvgIpc) is 3.14. The fraction of sp³-hybridized carbons (Fsp3) is 0.389.